The van der Waals surface area contributed by atoms with Crippen LogP contribution in [0.4, 0.5) is 10.7 Å². The number of amides is 2. The second-order valence-corrected chi connectivity index (χ2v) is 6.52. The average molecular weight is 405 g/mol. The zero-order chi connectivity index (χ0) is 19.5. The van der Waals surface area contributed by atoms with Crippen molar-refractivity contribution in [3.05, 3.63) is 23.0 Å². The first-order chi connectivity index (χ1) is 12.2. The van der Waals surface area contributed by atoms with Gasteiger partial charge in [0.25, 0.3) is 10.0 Å². The van der Waals surface area contributed by atoms with Crippen LogP contribution in [0.5, 0.6) is 5.88 Å². The van der Waals surface area contributed by atoms with Gasteiger partial charge in [-0.2, -0.15) is 18.5 Å². The van der Waals surface area contributed by atoms with Gasteiger partial charge < -0.3 is 9.47 Å². The molecule has 26 heavy (non-hydrogen) atoms. The molecule has 0 unspecified atom stereocenters. The molecule has 2 rings (SSSR count). The van der Waals surface area contributed by atoms with Crippen LogP contribution in [-0.4, -0.2) is 54.4 Å². The number of rotatable bonds is 5. The molecule has 0 aliphatic carbocycles. The van der Waals surface area contributed by atoms with E-state index in [9.17, 15) is 18.0 Å². The summed E-state index contributed by atoms with van der Waals surface area (Å²) in [6.45, 7) is 0. The normalized spacial score (nSPS) is 10.9. The molecule has 2 amide bonds. The van der Waals surface area contributed by atoms with E-state index in [1.165, 1.54) is 26.4 Å². The lowest BCUT2D eigenvalue weighted by Crippen LogP contribution is -2.36. The minimum absolute atomic E-state index is 0.157. The van der Waals surface area contributed by atoms with E-state index in [-0.39, 0.29) is 11.8 Å². The third kappa shape index (κ3) is 4.00. The van der Waals surface area contributed by atoms with E-state index in [1.807, 2.05) is 0 Å². The first-order valence-electron chi connectivity index (χ1n) is 6.71. The van der Waals surface area contributed by atoms with Crippen LogP contribution < -0.4 is 14.8 Å². The number of hydrogen-bond acceptors (Lipinski definition) is 9. The number of aromatic nitrogens is 4. The maximum absolute atomic E-state index is 12.5. The fourth-order valence-corrected chi connectivity index (χ4v) is 3.44. The molecule has 0 atom stereocenters. The number of aryl methyl sites for hydroxylation is 1. The summed E-state index contributed by atoms with van der Waals surface area (Å²) in [5.74, 6) is -1.07. The van der Waals surface area contributed by atoms with Crippen LogP contribution in [0, 0.1) is 0 Å². The van der Waals surface area contributed by atoms with Crippen molar-refractivity contribution in [2.24, 2.45) is 7.05 Å². The summed E-state index contributed by atoms with van der Waals surface area (Å²) in [6, 6.07) is 0.256. The Morgan fingerprint density at radius 1 is 1.31 bits per heavy atom. The molecule has 0 aromatic carbocycles. The first kappa shape index (κ1) is 19.4. The summed E-state index contributed by atoms with van der Waals surface area (Å²) in [7, 11) is -0.890. The fraction of sp³-hybridized carbons (Fsp3) is 0.250. The highest BCUT2D eigenvalue weighted by Gasteiger charge is 2.33. The molecule has 2 aromatic heterocycles. The molecule has 140 valence electrons. The number of carbonyl (C=O) groups is 2. The van der Waals surface area contributed by atoms with Gasteiger partial charge in [0.15, 0.2) is 10.2 Å². The van der Waals surface area contributed by atoms with Crippen LogP contribution in [0.3, 0.4) is 0 Å². The van der Waals surface area contributed by atoms with Gasteiger partial charge in [-0.3, -0.25) is 10.00 Å². The van der Waals surface area contributed by atoms with Crippen LogP contribution in [0.15, 0.2) is 17.3 Å². The molecule has 14 heteroatoms. The Morgan fingerprint density at radius 3 is 2.62 bits per heavy atom. The molecular formula is C12H13ClN6O6S. The van der Waals surface area contributed by atoms with Crippen molar-refractivity contribution >= 4 is 39.6 Å². The zero-order valence-corrected chi connectivity index (χ0v) is 15.3. The molecule has 0 saturated carbocycles. The third-order valence-electron chi connectivity index (χ3n) is 2.89. The number of nitrogens with one attached hydrogen (secondary N) is 2. The SMILES string of the molecule is COC(=O)c1c(Cl)nn(C)c1S(=O)(=O)NC(=O)Nc1nccc(OC)n1. The summed E-state index contributed by atoms with van der Waals surface area (Å²) < 4.78 is 36.8. The number of nitrogens with zero attached hydrogens (tertiary/aromatic N) is 4. The van der Waals surface area contributed by atoms with E-state index in [4.69, 9.17) is 16.3 Å². The molecule has 2 aromatic rings. The lowest BCUT2D eigenvalue weighted by Gasteiger charge is -2.09. The van der Waals surface area contributed by atoms with Crippen molar-refractivity contribution in [1.82, 2.24) is 24.5 Å². The van der Waals surface area contributed by atoms with Gasteiger partial charge in [-0.1, -0.05) is 11.6 Å². The first-order valence-corrected chi connectivity index (χ1v) is 8.57. The second-order valence-electron chi connectivity index (χ2n) is 4.57. The molecule has 0 radical (unpaired) electrons. The average Bonchev–Trinajstić information content (AvgIpc) is 2.88. The van der Waals surface area contributed by atoms with E-state index in [2.05, 4.69) is 25.1 Å². The fourth-order valence-electron chi connectivity index (χ4n) is 1.87. The molecule has 2 N–H and O–H groups in total. The van der Waals surface area contributed by atoms with E-state index >= 15 is 0 Å². The van der Waals surface area contributed by atoms with Crippen molar-refractivity contribution in [2.45, 2.75) is 5.03 Å². The van der Waals surface area contributed by atoms with E-state index in [1.54, 1.807) is 4.72 Å². The maximum atomic E-state index is 12.5. The number of hydrogen-bond donors (Lipinski definition) is 2. The summed E-state index contributed by atoms with van der Waals surface area (Å²) in [5, 5.41) is 4.74. The third-order valence-corrected chi connectivity index (χ3v) is 4.58. The number of halogens is 1. The Bertz CT molecular complexity index is 959. The standard InChI is InChI=1S/C12H13ClN6O6S/c1-19-9(7(8(13)17-19)10(20)25-3)26(22,23)18-12(21)16-11-14-5-4-6(15-11)24-2/h4-5H,1-3H3,(H2,14,15,16,18,21). The molecule has 2 heterocycles. The Balaban J connectivity index is 2.28. The van der Waals surface area contributed by atoms with E-state index in [0.717, 1.165) is 11.8 Å². The van der Waals surface area contributed by atoms with Crippen molar-refractivity contribution < 1.29 is 27.5 Å². The number of carbonyl (C=O) groups excluding carboxylic acids is 2. The van der Waals surface area contributed by atoms with Crippen molar-refractivity contribution in [3.63, 3.8) is 0 Å². The monoisotopic (exact) mass is 404 g/mol. The molecular weight excluding hydrogens is 392 g/mol. The van der Waals surface area contributed by atoms with Gasteiger partial charge in [0.2, 0.25) is 11.8 Å². The van der Waals surface area contributed by atoms with Gasteiger partial charge >= 0.3 is 12.0 Å². The van der Waals surface area contributed by atoms with Crippen LogP contribution >= 0.6 is 11.6 Å². The summed E-state index contributed by atoms with van der Waals surface area (Å²) in [6.07, 6.45) is 1.30. The highest BCUT2D eigenvalue weighted by Crippen LogP contribution is 2.23. The maximum Gasteiger partial charge on any atom is 0.344 e. The molecule has 0 aliphatic heterocycles. The van der Waals surface area contributed by atoms with Crippen molar-refractivity contribution in [1.29, 1.82) is 0 Å². The molecule has 0 aliphatic rings. The minimum atomic E-state index is -4.52. The van der Waals surface area contributed by atoms with Gasteiger partial charge in [0, 0.05) is 19.3 Å². The van der Waals surface area contributed by atoms with Crippen LogP contribution in [-0.2, 0) is 21.8 Å². The quantitative estimate of drug-likeness (QED) is 0.663. The number of anilines is 1. The smallest absolute Gasteiger partial charge is 0.344 e. The van der Waals surface area contributed by atoms with Gasteiger partial charge in [0.05, 0.1) is 14.2 Å². The zero-order valence-electron chi connectivity index (χ0n) is 13.7. The predicted molar refractivity (Wildman–Crippen MR) is 87.5 cm³/mol. The van der Waals surface area contributed by atoms with Crippen LogP contribution in [0.1, 0.15) is 10.4 Å². The van der Waals surface area contributed by atoms with Crippen molar-refractivity contribution in [2.75, 3.05) is 19.5 Å². The van der Waals surface area contributed by atoms with Gasteiger partial charge in [-0.25, -0.2) is 19.3 Å². The minimum Gasteiger partial charge on any atom is -0.481 e. The van der Waals surface area contributed by atoms with Crippen LogP contribution in [0.25, 0.3) is 0 Å². The Morgan fingerprint density at radius 2 is 2.00 bits per heavy atom. The van der Waals surface area contributed by atoms with Gasteiger partial charge in [0.1, 0.15) is 5.56 Å². The highest BCUT2D eigenvalue weighted by molar-refractivity contribution is 7.90. The second kappa shape index (κ2) is 7.53. The van der Waals surface area contributed by atoms with Crippen molar-refractivity contribution in [3.8, 4) is 5.88 Å². The molecule has 0 saturated heterocycles. The lowest BCUT2D eigenvalue weighted by atomic mass is 10.4. The number of urea groups is 1. The number of ether oxygens (including phenoxy) is 2. The topological polar surface area (TPSA) is 154 Å². The van der Waals surface area contributed by atoms with E-state index < -0.39 is 37.8 Å². The molecule has 0 spiro atoms. The number of esters is 1. The summed E-state index contributed by atoms with van der Waals surface area (Å²) in [5.41, 5.74) is -0.505. The summed E-state index contributed by atoms with van der Waals surface area (Å²) in [4.78, 5) is 31.3. The van der Waals surface area contributed by atoms with Gasteiger partial charge in [-0.15, -0.1) is 0 Å². The Kier molecular flexibility index (Phi) is 5.62. The Labute approximate surface area is 152 Å². The van der Waals surface area contributed by atoms with Gasteiger partial charge in [-0.05, 0) is 0 Å². The predicted octanol–water partition coefficient (Wildman–Crippen LogP) is 0.169. The number of methoxy groups -OCH3 is 2. The van der Waals surface area contributed by atoms with Crippen LogP contribution in [0.2, 0.25) is 5.15 Å². The summed E-state index contributed by atoms with van der Waals surface area (Å²) >= 11 is 5.77. The largest absolute Gasteiger partial charge is 0.481 e. The Hall–Kier alpha value is -2.93. The number of sulfonamides is 1. The molecule has 0 bridgehead atoms. The molecule has 12 nitrogen and oxygen atoms in total. The van der Waals surface area contributed by atoms with E-state index in [0.29, 0.717) is 0 Å². The highest BCUT2D eigenvalue weighted by atomic mass is 35.5. The lowest BCUT2D eigenvalue weighted by molar-refractivity contribution is 0.0596. The molecule has 0 fully saturated rings.